The summed E-state index contributed by atoms with van der Waals surface area (Å²) >= 11 is 0. The second-order valence-corrected chi connectivity index (χ2v) is 4.50. The molecule has 0 aromatic heterocycles. The highest BCUT2D eigenvalue weighted by Crippen LogP contribution is 2.33. The number of hydrogen-bond donors (Lipinski definition) is 0. The summed E-state index contributed by atoms with van der Waals surface area (Å²) in [6.07, 6.45) is 7.46. The maximum atomic E-state index is 2.43. The second kappa shape index (κ2) is 4.13. The highest BCUT2D eigenvalue weighted by molar-refractivity contribution is 4.72. The summed E-state index contributed by atoms with van der Waals surface area (Å²) < 4.78 is 0. The van der Waals surface area contributed by atoms with Crippen molar-refractivity contribution in [1.29, 1.82) is 0 Å². The molecule has 0 aromatic rings. The van der Waals surface area contributed by atoms with Crippen LogP contribution in [0.2, 0.25) is 0 Å². The van der Waals surface area contributed by atoms with E-state index in [4.69, 9.17) is 0 Å². The summed E-state index contributed by atoms with van der Waals surface area (Å²) in [6.45, 7) is 7.15. The van der Waals surface area contributed by atoms with Crippen LogP contribution in [0.25, 0.3) is 0 Å². The van der Waals surface area contributed by atoms with Gasteiger partial charge in [-0.15, -0.1) is 0 Å². The molecule has 0 spiro atoms. The van der Waals surface area contributed by atoms with Crippen molar-refractivity contribution < 1.29 is 0 Å². The summed E-state index contributed by atoms with van der Waals surface area (Å²) in [4.78, 5) is 0. The zero-order chi connectivity index (χ0) is 8.27. The molecule has 1 rings (SSSR count). The van der Waals surface area contributed by atoms with Gasteiger partial charge in [0.25, 0.3) is 0 Å². The minimum absolute atomic E-state index is 0.887. The molecule has 1 fully saturated rings. The van der Waals surface area contributed by atoms with Gasteiger partial charge in [-0.05, 0) is 17.8 Å². The van der Waals surface area contributed by atoms with Crippen LogP contribution in [0, 0.1) is 17.8 Å². The molecule has 1 aliphatic carbocycles. The summed E-state index contributed by atoms with van der Waals surface area (Å²) in [5, 5.41) is 0. The highest BCUT2D eigenvalue weighted by Gasteiger charge is 2.21. The van der Waals surface area contributed by atoms with E-state index in [-0.39, 0.29) is 0 Å². The molecule has 0 N–H and O–H groups in total. The third-order valence-corrected chi connectivity index (χ3v) is 3.44. The Hall–Kier alpha value is 0. The summed E-state index contributed by atoms with van der Waals surface area (Å²) in [5.41, 5.74) is 0. The maximum Gasteiger partial charge on any atom is -0.0386 e. The first kappa shape index (κ1) is 9.09. The summed E-state index contributed by atoms with van der Waals surface area (Å²) in [5.74, 6) is 2.89. The van der Waals surface area contributed by atoms with Crippen LogP contribution in [0.4, 0.5) is 0 Å². The van der Waals surface area contributed by atoms with E-state index in [1.165, 1.54) is 32.1 Å². The van der Waals surface area contributed by atoms with E-state index in [1.807, 2.05) is 0 Å². The lowest BCUT2D eigenvalue weighted by Gasteiger charge is -2.30. The van der Waals surface area contributed by atoms with Crippen molar-refractivity contribution in [1.82, 2.24) is 0 Å². The molecule has 0 radical (unpaired) electrons. The molecule has 0 aromatic carbocycles. The molecule has 1 saturated carbocycles. The Labute approximate surface area is 71.4 Å². The molecule has 0 heterocycles. The smallest absolute Gasteiger partial charge is 0.0386 e. The van der Waals surface area contributed by atoms with Gasteiger partial charge in [-0.3, -0.25) is 0 Å². The second-order valence-electron chi connectivity index (χ2n) is 4.50. The first-order valence-electron chi connectivity index (χ1n) is 5.22. The van der Waals surface area contributed by atoms with Crippen LogP contribution in [0.3, 0.4) is 0 Å². The quantitative estimate of drug-likeness (QED) is 0.566. The lowest BCUT2D eigenvalue weighted by molar-refractivity contribution is 0.213. The van der Waals surface area contributed by atoms with Crippen molar-refractivity contribution in [2.24, 2.45) is 17.8 Å². The van der Waals surface area contributed by atoms with Crippen molar-refractivity contribution in [3.8, 4) is 0 Å². The van der Waals surface area contributed by atoms with Gasteiger partial charge in [-0.1, -0.05) is 52.9 Å². The van der Waals surface area contributed by atoms with E-state index in [1.54, 1.807) is 0 Å². The van der Waals surface area contributed by atoms with Crippen LogP contribution in [0.1, 0.15) is 52.9 Å². The fourth-order valence-corrected chi connectivity index (χ4v) is 2.20. The Morgan fingerprint density at radius 2 is 1.45 bits per heavy atom. The van der Waals surface area contributed by atoms with Crippen molar-refractivity contribution in [2.45, 2.75) is 52.9 Å². The van der Waals surface area contributed by atoms with E-state index in [9.17, 15) is 0 Å². The van der Waals surface area contributed by atoms with Gasteiger partial charge in [0.2, 0.25) is 0 Å². The van der Waals surface area contributed by atoms with Gasteiger partial charge < -0.3 is 0 Å². The van der Waals surface area contributed by atoms with Gasteiger partial charge in [0.15, 0.2) is 0 Å². The Bertz CT molecular complexity index is 98.6. The monoisotopic (exact) mass is 154 g/mol. The third-order valence-electron chi connectivity index (χ3n) is 3.44. The van der Waals surface area contributed by atoms with Crippen LogP contribution in [-0.4, -0.2) is 0 Å². The average molecular weight is 154 g/mol. The van der Waals surface area contributed by atoms with Gasteiger partial charge in [-0.2, -0.15) is 0 Å². The molecular weight excluding hydrogens is 132 g/mol. The molecule has 0 bridgehead atoms. The van der Waals surface area contributed by atoms with Gasteiger partial charge >= 0.3 is 0 Å². The molecular formula is C11H22. The van der Waals surface area contributed by atoms with Crippen LogP contribution >= 0.6 is 0 Å². The standard InChI is InChI=1S/C11H22/c1-9(2)10(3)11-7-5-4-6-8-11/h9-11H,4-8H2,1-3H3/t10-/m1/s1. The molecule has 0 aliphatic heterocycles. The van der Waals surface area contributed by atoms with Gasteiger partial charge in [-0.25, -0.2) is 0 Å². The van der Waals surface area contributed by atoms with Crippen molar-refractivity contribution in [3.05, 3.63) is 0 Å². The lowest BCUT2D eigenvalue weighted by Crippen LogP contribution is -2.19. The third kappa shape index (κ3) is 2.50. The normalized spacial score (nSPS) is 24.0. The predicted octanol–water partition coefficient (Wildman–Crippen LogP) is 3.86. The molecule has 1 atom stereocenters. The molecule has 1 aliphatic rings. The van der Waals surface area contributed by atoms with E-state index in [2.05, 4.69) is 20.8 Å². The Morgan fingerprint density at radius 3 is 1.91 bits per heavy atom. The highest BCUT2D eigenvalue weighted by atomic mass is 14.3. The van der Waals surface area contributed by atoms with E-state index in [0.717, 1.165) is 17.8 Å². The van der Waals surface area contributed by atoms with Crippen LogP contribution < -0.4 is 0 Å². The lowest BCUT2D eigenvalue weighted by atomic mass is 9.76. The molecule has 11 heavy (non-hydrogen) atoms. The first-order chi connectivity index (χ1) is 5.22. The van der Waals surface area contributed by atoms with Crippen LogP contribution in [-0.2, 0) is 0 Å². The summed E-state index contributed by atoms with van der Waals surface area (Å²) in [7, 11) is 0. The van der Waals surface area contributed by atoms with Gasteiger partial charge in [0, 0.05) is 0 Å². The van der Waals surface area contributed by atoms with Crippen molar-refractivity contribution >= 4 is 0 Å². The number of hydrogen-bond acceptors (Lipinski definition) is 0. The predicted molar refractivity (Wildman–Crippen MR) is 50.6 cm³/mol. The van der Waals surface area contributed by atoms with Crippen LogP contribution in [0.5, 0.6) is 0 Å². The number of rotatable bonds is 2. The summed E-state index contributed by atoms with van der Waals surface area (Å²) in [6, 6.07) is 0. The van der Waals surface area contributed by atoms with Crippen LogP contribution in [0.15, 0.2) is 0 Å². The first-order valence-corrected chi connectivity index (χ1v) is 5.22. The Kier molecular flexibility index (Phi) is 3.42. The molecule has 0 amide bonds. The van der Waals surface area contributed by atoms with E-state index >= 15 is 0 Å². The molecule has 66 valence electrons. The SMILES string of the molecule is CC(C)[C@@H](C)C1CCCCC1. The van der Waals surface area contributed by atoms with E-state index in [0.29, 0.717) is 0 Å². The molecule has 0 saturated heterocycles. The maximum absolute atomic E-state index is 2.43. The van der Waals surface area contributed by atoms with E-state index < -0.39 is 0 Å². The zero-order valence-electron chi connectivity index (χ0n) is 8.27. The molecule has 0 unspecified atom stereocenters. The van der Waals surface area contributed by atoms with Crippen molar-refractivity contribution in [3.63, 3.8) is 0 Å². The van der Waals surface area contributed by atoms with Gasteiger partial charge in [0.05, 0.1) is 0 Å². The molecule has 0 nitrogen and oxygen atoms in total. The van der Waals surface area contributed by atoms with Gasteiger partial charge in [0.1, 0.15) is 0 Å². The van der Waals surface area contributed by atoms with Crippen molar-refractivity contribution in [2.75, 3.05) is 0 Å². The average Bonchev–Trinajstić information content (AvgIpc) is 2.05. The fraction of sp³-hybridized carbons (Fsp3) is 1.00. The zero-order valence-corrected chi connectivity index (χ0v) is 8.27. The topological polar surface area (TPSA) is 0 Å². The minimum Gasteiger partial charge on any atom is -0.0625 e. The largest absolute Gasteiger partial charge is 0.0625 e. The Morgan fingerprint density at radius 1 is 0.909 bits per heavy atom. The Balaban J connectivity index is 2.32. The fourth-order valence-electron chi connectivity index (χ4n) is 2.20. The minimum atomic E-state index is 0.887. The molecule has 0 heteroatoms.